The average molecular weight is 441 g/mol. The molecule has 2 N–H and O–H groups in total. The zero-order valence-electron chi connectivity index (χ0n) is 16.5. The summed E-state index contributed by atoms with van der Waals surface area (Å²) < 4.78 is 18.9. The van der Waals surface area contributed by atoms with Crippen LogP contribution in [0.3, 0.4) is 0 Å². The van der Waals surface area contributed by atoms with Gasteiger partial charge in [0, 0.05) is 37.7 Å². The first-order chi connectivity index (χ1) is 15.0. The molecular formula is C21H18ClFN6O2. The number of hydrogen-bond acceptors (Lipinski definition) is 7. The molecule has 0 amide bonds. The fourth-order valence-corrected chi connectivity index (χ4v) is 3.07. The molecule has 10 heteroatoms. The van der Waals surface area contributed by atoms with Crippen LogP contribution in [0.4, 0.5) is 4.39 Å². The normalized spacial score (nSPS) is 11.1. The first-order valence-corrected chi connectivity index (χ1v) is 9.80. The van der Waals surface area contributed by atoms with Gasteiger partial charge in [0.25, 0.3) is 5.56 Å². The molecule has 8 nitrogen and oxygen atoms in total. The number of halogens is 2. The van der Waals surface area contributed by atoms with E-state index in [1.165, 1.54) is 18.2 Å². The minimum Gasteiger partial charge on any atom is -0.486 e. The fraction of sp³-hybridized carbons (Fsp3) is 0.190. The van der Waals surface area contributed by atoms with Crippen molar-refractivity contribution in [1.29, 1.82) is 0 Å². The van der Waals surface area contributed by atoms with Gasteiger partial charge >= 0.3 is 0 Å². The Kier molecular flexibility index (Phi) is 6.15. The van der Waals surface area contributed by atoms with Crippen LogP contribution < -0.4 is 15.6 Å². The number of aryl methyl sites for hydroxylation is 1. The zero-order valence-corrected chi connectivity index (χ0v) is 17.3. The molecule has 3 heterocycles. The number of H-pyrrole nitrogens is 1. The molecule has 0 aliphatic rings. The van der Waals surface area contributed by atoms with Crippen LogP contribution in [0.1, 0.15) is 22.9 Å². The highest BCUT2D eigenvalue weighted by Gasteiger charge is 2.11. The highest BCUT2D eigenvalue weighted by atomic mass is 35.5. The largest absolute Gasteiger partial charge is 0.486 e. The second kappa shape index (κ2) is 9.15. The van der Waals surface area contributed by atoms with Crippen LogP contribution in [0.15, 0.2) is 47.7 Å². The summed E-state index contributed by atoms with van der Waals surface area (Å²) in [6.45, 7) is 2.74. The molecule has 0 saturated heterocycles. The Morgan fingerprint density at radius 3 is 2.81 bits per heavy atom. The van der Waals surface area contributed by atoms with E-state index in [0.29, 0.717) is 41.3 Å². The lowest BCUT2D eigenvalue weighted by Crippen LogP contribution is -2.18. The van der Waals surface area contributed by atoms with Gasteiger partial charge < -0.3 is 15.0 Å². The van der Waals surface area contributed by atoms with Crippen molar-refractivity contribution in [2.24, 2.45) is 0 Å². The van der Waals surface area contributed by atoms with E-state index < -0.39 is 5.82 Å². The summed E-state index contributed by atoms with van der Waals surface area (Å²) in [5.41, 5.74) is 2.44. The molecule has 0 aliphatic carbocycles. The van der Waals surface area contributed by atoms with Crippen molar-refractivity contribution in [3.63, 3.8) is 0 Å². The summed E-state index contributed by atoms with van der Waals surface area (Å²) in [4.78, 5) is 32.6. The maximum atomic E-state index is 13.3. The topological polar surface area (TPSA) is 106 Å². The molecule has 0 spiro atoms. The quantitative estimate of drug-likeness (QED) is 0.455. The van der Waals surface area contributed by atoms with Crippen LogP contribution in [-0.4, -0.2) is 24.9 Å². The van der Waals surface area contributed by atoms with E-state index in [9.17, 15) is 9.18 Å². The summed E-state index contributed by atoms with van der Waals surface area (Å²) in [6.07, 6.45) is 4.98. The van der Waals surface area contributed by atoms with Gasteiger partial charge in [-0.1, -0.05) is 11.6 Å². The summed E-state index contributed by atoms with van der Waals surface area (Å²) >= 11 is 5.77. The lowest BCUT2D eigenvalue weighted by molar-refractivity contribution is 0.295. The van der Waals surface area contributed by atoms with Gasteiger partial charge in [-0.3, -0.25) is 19.7 Å². The number of hydrogen-bond donors (Lipinski definition) is 2. The number of nitrogens with zero attached hydrogens (tertiary/aromatic N) is 4. The van der Waals surface area contributed by atoms with Crippen molar-refractivity contribution in [1.82, 2.24) is 30.2 Å². The van der Waals surface area contributed by atoms with Gasteiger partial charge in [0.2, 0.25) is 0 Å². The Morgan fingerprint density at radius 1 is 1.16 bits per heavy atom. The maximum Gasteiger partial charge on any atom is 0.258 e. The fourth-order valence-electron chi connectivity index (χ4n) is 2.90. The molecule has 0 unspecified atom stereocenters. The number of pyridine rings is 1. The maximum absolute atomic E-state index is 13.3. The third-order valence-corrected chi connectivity index (χ3v) is 4.74. The lowest BCUT2D eigenvalue weighted by Gasteiger charge is -2.09. The van der Waals surface area contributed by atoms with Crippen molar-refractivity contribution in [2.45, 2.75) is 26.6 Å². The second-order valence-electron chi connectivity index (χ2n) is 6.78. The van der Waals surface area contributed by atoms with Gasteiger partial charge in [0.05, 0.1) is 27.5 Å². The molecule has 0 fully saturated rings. The van der Waals surface area contributed by atoms with E-state index in [0.717, 1.165) is 11.4 Å². The molecule has 1 aromatic carbocycles. The lowest BCUT2D eigenvalue weighted by atomic mass is 10.2. The number of benzene rings is 1. The molecule has 0 radical (unpaired) electrons. The van der Waals surface area contributed by atoms with Crippen LogP contribution in [0.2, 0.25) is 5.02 Å². The van der Waals surface area contributed by atoms with Crippen LogP contribution in [-0.2, 0) is 19.7 Å². The van der Waals surface area contributed by atoms with Crippen LogP contribution >= 0.6 is 11.6 Å². The van der Waals surface area contributed by atoms with Crippen LogP contribution in [0, 0.1) is 12.7 Å². The molecule has 3 aromatic heterocycles. The minimum atomic E-state index is -0.536. The van der Waals surface area contributed by atoms with Gasteiger partial charge in [-0.05, 0) is 25.1 Å². The number of aromatic nitrogens is 5. The molecule has 4 rings (SSSR count). The Labute approximate surface area is 181 Å². The second-order valence-corrected chi connectivity index (χ2v) is 7.19. The molecule has 0 atom stereocenters. The highest BCUT2D eigenvalue weighted by molar-refractivity contribution is 6.30. The van der Waals surface area contributed by atoms with E-state index in [1.807, 2.05) is 6.92 Å². The molecule has 158 valence electrons. The third kappa shape index (κ3) is 5.01. The van der Waals surface area contributed by atoms with Crippen LogP contribution in [0.25, 0.3) is 10.9 Å². The minimum absolute atomic E-state index is 0.0200. The predicted octanol–water partition coefficient (Wildman–Crippen LogP) is 3.08. The van der Waals surface area contributed by atoms with E-state index >= 15 is 0 Å². The Hall–Kier alpha value is -3.43. The van der Waals surface area contributed by atoms with Gasteiger partial charge in [-0.25, -0.2) is 9.37 Å². The standard InChI is InChI=1S/C21H18ClFN6O2/c1-12-7-27-13(9-26-12)8-24-10-18-20-15(4-5-25-18)21(30)29-19(28-20)11-31-14-2-3-17(23)16(22)6-14/h2-7,9,24H,8,10-11H2,1H3,(H,28,29,30). The Bertz CT molecular complexity index is 1280. The van der Waals surface area contributed by atoms with Gasteiger partial charge in [-0.15, -0.1) is 0 Å². The number of ether oxygens (including phenoxy) is 1. The number of aromatic amines is 1. The Morgan fingerprint density at radius 2 is 2.03 bits per heavy atom. The van der Waals surface area contributed by atoms with Crippen LogP contribution in [0.5, 0.6) is 5.75 Å². The molecular weight excluding hydrogens is 423 g/mol. The van der Waals surface area contributed by atoms with E-state index in [-0.39, 0.29) is 17.2 Å². The molecule has 31 heavy (non-hydrogen) atoms. The summed E-state index contributed by atoms with van der Waals surface area (Å²) in [5, 5.41) is 3.62. The van der Waals surface area contributed by atoms with E-state index in [4.69, 9.17) is 16.3 Å². The molecule has 4 aromatic rings. The SMILES string of the molecule is Cc1cnc(CNCc2nccc3c(=O)[nH]c(COc4ccc(F)c(Cl)c4)nc23)cn1. The molecule has 0 saturated carbocycles. The molecule has 0 aliphatic heterocycles. The summed E-state index contributed by atoms with van der Waals surface area (Å²) in [7, 11) is 0. The van der Waals surface area contributed by atoms with Crippen molar-refractivity contribution in [2.75, 3.05) is 0 Å². The van der Waals surface area contributed by atoms with Crippen molar-refractivity contribution >= 4 is 22.5 Å². The predicted molar refractivity (Wildman–Crippen MR) is 113 cm³/mol. The number of nitrogens with one attached hydrogen (secondary N) is 2. The summed E-state index contributed by atoms with van der Waals surface area (Å²) in [6, 6.07) is 5.63. The van der Waals surface area contributed by atoms with Gasteiger partial charge in [0.15, 0.2) is 0 Å². The summed E-state index contributed by atoms with van der Waals surface area (Å²) in [5.74, 6) is 0.143. The van der Waals surface area contributed by atoms with Crippen molar-refractivity contribution in [3.05, 3.63) is 87.0 Å². The third-order valence-electron chi connectivity index (χ3n) is 4.45. The monoisotopic (exact) mass is 440 g/mol. The first kappa shape index (κ1) is 20.8. The van der Waals surface area contributed by atoms with E-state index in [2.05, 4.69) is 30.2 Å². The molecule has 0 bridgehead atoms. The smallest absolute Gasteiger partial charge is 0.258 e. The number of fused-ring (bicyclic) bond motifs is 1. The average Bonchev–Trinajstić information content (AvgIpc) is 2.76. The highest BCUT2D eigenvalue weighted by Crippen LogP contribution is 2.21. The van der Waals surface area contributed by atoms with Crippen molar-refractivity contribution in [3.8, 4) is 5.75 Å². The van der Waals surface area contributed by atoms with E-state index in [1.54, 1.807) is 24.7 Å². The van der Waals surface area contributed by atoms with Gasteiger partial charge in [0.1, 0.15) is 29.5 Å². The Balaban J connectivity index is 1.51. The first-order valence-electron chi connectivity index (χ1n) is 9.42. The van der Waals surface area contributed by atoms with Gasteiger partial charge in [-0.2, -0.15) is 0 Å². The number of rotatable bonds is 7. The van der Waals surface area contributed by atoms with Crippen molar-refractivity contribution < 1.29 is 9.13 Å². The zero-order chi connectivity index (χ0) is 21.8.